The van der Waals surface area contributed by atoms with Gasteiger partial charge in [-0.05, 0) is 50.0 Å². The number of hydrogen-bond donors (Lipinski definition) is 2. The summed E-state index contributed by atoms with van der Waals surface area (Å²) in [5.41, 5.74) is 1.21. The number of guanidine groups is 1. The molecule has 3 rings (SSSR count). The molecular weight excluding hydrogens is 491 g/mol. The van der Waals surface area contributed by atoms with Crippen molar-refractivity contribution in [2.45, 2.75) is 78.0 Å². The fraction of sp³-hybridized carbons (Fsp3) is 0.739. The Hall–Kier alpha value is -1.09. The Morgan fingerprint density at radius 1 is 1.20 bits per heavy atom. The molecule has 2 heterocycles. The Morgan fingerprint density at radius 3 is 2.67 bits per heavy atom. The van der Waals surface area contributed by atoms with Crippen molar-refractivity contribution in [2.24, 2.45) is 16.3 Å². The zero-order valence-electron chi connectivity index (χ0n) is 18.9. The summed E-state index contributed by atoms with van der Waals surface area (Å²) in [6.45, 7) is 9.15. The molecule has 1 aromatic heterocycles. The summed E-state index contributed by atoms with van der Waals surface area (Å²) < 4.78 is 12.3. The third-order valence-electron chi connectivity index (χ3n) is 5.93. The molecule has 2 fully saturated rings. The molecule has 0 bridgehead atoms. The van der Waals surface area contributed by atoms with E-state index in [2.05, 4.69) is 47.4 Å². The largest absolute Gasteiger partial charge is 0.474 e. The third kappa shape index (κ3) is 7.25. The van der Waals surface area contributed by atoms with Gasteiger partial charge in [-0.3, -0.25) is 4.99 Å². The standard InChI is InChI=1S/C23H38N4O2.HI/c1-23(2,3)20-17(10-8-14-28-20)15-26-22(24-4)27-16-18-9-7-13-25-21(18)29-19-11-5-6-12-19;/h7,9,13,17,19-20H,5-6,8,10-12,14-16H2,1-4H3,(H2,24,26,27);1H. The lowest BCUT2D eigenvalue weighted by atomic mass is 9.78. The molecule has 2 aliphatic rings. The van der Waals surface area contributed by atoms with E-state index < -0.39 is 0 Å². The van der Waals surface area contributed by atoms with Gasteiger partial charge in [-0.15, -0.1) is 24.0 Å². The number of nitrogens with zero attached hydrogens (tertiary/aromatic N) is 2. The molecule has 1 aliphatic heterocycles. The minimum Gasteiger partial charge on any atom is -0.474 e. The Kier molecular flexibility index (Phi) is 10.1. The molecule has 0 spiro atoms. The molecule has 7 heteroatoms. The van der Waals surface area contributed by atoms with Gasteiger partial charge in [0, 0.05) is 44.4 Å². The second-order valence-corrected chi connectivity index (χ2v) is 9.36. The number of hydrogen-bond acceptors (Lipinski definition) is 4. The molecule has 0 amide bonds. The lowest BCUT2D eigenvalue weighted by Gasteiger charge is -2.40. The molecule has 6 nitrogen and oxygen atoms in total. The average Bonchev–Trinajstić information content (AvgIpc) is 3.22. The van der Waals surface area contributed by atoms with Gasteiger partial charge in [0.2, 0.25) is 5.88 Å². The lowest BCUT2D eigenvalue weighted by molar-refractivity contribution is -0.0835. The van der Waals surface area contributed by atoms with Crippen LogP contribution in [-0.2, 0) is 11.3 Å². The SMILES string of the molecule is CN=C(NCc1cccnc1OC1CCCC1)NCC1CCCOC1C(C)(C)C.I. The van der Waals surface area contributed by atoms with E-state index in [9.17, 15) is 0 Å². The van der Waals surface area contributed by atoms with Crippen LogP contribution in [0.4, 0.5) is 0 Å². The van der Waals surface area contributed by atoms with Crippen LogP contribution in [0.5, 0.6) is 5.88 Å². The highest BCUT2D eigenvalue weighted by molar-refractivity contribution is 14.0. The van der Waals surface area contributed by atoms with Crippen LogP contribution in [0.2, 0.25) is 0 Å². The number of halogens is 1. The van der Waals surface area contributed by atoms with E-state index in [1.54, 1.807) is 6.20 Å². The highest BCUT2D eigenvalue weighted by Gasteiger charge is 2.35. The van der Waals surface area contributed by atoms with Gasteiger partial charge in [0.05, 0.1) is 6.10 Å². The van der Waals surface area contributed by atoms with Gasteiger partial charge in [0.25, 0.3) is 0 Å². The van der Waals surface area contributed by atoms with Gasteiger partial charge < -0.3 is 20.1 Å². The van der Waals surface area contributed by atoms with Crippen LogP contribution >= 0.6 is 24.0 Å². The summed E-state index contributed by atoms with van der Waals surface area (Å²) in [5.74, 6) is 2.04. The first-order valence-corrected chi connectivity index (χ1v) is 11.1. The summed E-state index contributed by atoms with van der Waals surface area (Å²) >= 11 is 0. The summed E-state index contributed by atoms with van der Waals surface area (Å²) in [4.78, 5) is 8.86. The zero-order valence-corrected chi connectivity index (χ0v) is 21.3. The predicted octanol–water partition coefficient (Wildman–Crippen LogP) is 4.53. The number of rotatable bonds is 6. The van der Waals surface area contributed by atoms with E-state index in [0.29, 0.717) is 18.6 Å². The summed E-state index contributed by atoms with van der Waals surface area (Å²) in [7, 11) is 1.81. The highest BCUT2D eigenvalue weighted by Crippen LogP contribution is 2.33. The number of ether oxygens (including phenoxy) is 2. The van der Waals surface area contributed by atoms with Crippen molar-refractivity contribution in [3.63, 3.8) is 0 Å². The van der Waals surface area contributed by atoms with Crippen LogP contribution in [0.25, 0.3) is 0 Å². The first kappa shape index (κ1) is 25.2. The third-order valence-corrected chi connectivity index (χ3v) is 5.93. The molecule has 2 unspecified atom stereocenters. The van der Waals surface area contributed by atoms with Gasteiger partial charge in [0.1, 0.15) is 6.10 Å². The zero-order chi connectivity index (χ0) is 20.7. The first-order valence-electron chi connectivity index (χ1n) is 11.1. The molecule has 0 radical (unpaired) electrons. The second-order valence-electron chi connectivity index (χ2n) is 9.36. The van der Waals surface area contributed by atoms with Crippen molar-refractivity contribution in [1.82, 2.24) is 15.6 Å². The van der Waals surface area contributed by atoms with Crippen molar-refractivity contribution in [2.75, 3.05) is 20.2 Å². The fourth-order valence-electron chi connectivity index (χ4n) is 4.47. The molecule has 1 aromatic rings. The van der Waals surface area contributed by atoms with Crippen LogP contribution < -0.4 is 15.4 Å². The van der Waals surface area contributed by atoms with E-state index in [1.807, 2.05) is 13.1 Å². The molecular formula is C23H39IN4O2. The van der Waals surface area contributed by atoms with Crippen LogP contribution in [0.3, 0.4) is 0 Å². The van der Waals surface area contributed by atoms with E-state index in [1.165, 1.54) is 19.3 Å². The van der Waals surface area contributed by atoms with Gasteiger partial charge in [-0.25, -0.2) is 4.98 Å². The topological polar surface area (TPSA) is 67.8 Å². The maximum Gasteiger partial charge on any atom is 0.218 e. The average molecular weight is 530 g/mol. The number of pyridine rings is 1. The second kappa shape index (κ2) is 12.1. The smallest absolute Gasteiger partial charge is 0.218 e. The Labute approximate surface area is 199 Å². The quantitative estimate of drug-likeness (QED) is 0.322. The van der Waals surface area contributed by atoms with E-state index in [0.717, 1.165) is 49.8 Å². The van der Waals surface area contributed by atoms with Crippen LogP contribution in [0.15, 0.2) is 23.3 Å². The maximum absolute atomic E-state index is 6.15. The summed E-state index contributed by atoms with van der Waals surface area (Å²) in [6, 6.07) is 4.03. The Morgan fingerprint density at radius 2 is 1.97 bits per heavy atom. The Balaban J connectivity index is 0.00000320. The maximum atomic E-state index is 6.15. The van der Waals surface area contributed by atoms with Gasteiger partial charge in [-0.2, -0.15) is 0 Å². The number of nitrogens with one attached hydrogen (secondary N) is 2. The minimum absolute atomic E-state index is 0. The molecule has 2 N–H and O–H groups in total. The molecule has 2 atom stereocenters. The van der Waals surface area contributed by atoms with Crippen LogP contribution in [0, 0.1) is 11.3 Å². The van der Waals surface area contributed by atoms with Crippen LogP contribution in [-0.4, -0.2) is 43.4 Å². The number of aliphatic imine (C=N–C) groups is 1. The highest BCUT2D eigenvalue weighted by atomic mass is 127. The fourth-order valence-corrected chi connectivity index (χ4v) is 4.47. The van der Waals surface area contributed by atoms with E-state index in [-0.39, 0.29) is 35.5 Å². The Bertz CT molecular complexity index is 671. The van der Waals surface area contributed by atoms with Crippen molar-refractivity contribution in [3.8, 4) is 5.88 Å². The van der Waals surface area contributed by atoms with Gasteiger partial charge >= 0.3 is 0 Å². The summed E-state index contributed by atoms with van der Waals surface area (Å²) in [5, 5.41) is 6.92. The minimum atomic E-state index is 0. The molecule has 30 heavy (non-hydrogen) atoms. The van der Waals surface area contributed by atoms with Crippen molar-refractivity contribution in [1.29, 1.82) is 0 Å². The molecule has 1 saturated heterocycles. The van der Waals surface area contributed by atoms with E-state index >= 15 is 0 Å². The van der Waals surface area contributed by atoms with Crippen molar-refractivity contribution < 1.29 is 9.47 Å². The van der Waals surface area contributed by atoms with Crippen molar-refractivity contribution >= 4 is 29.9 Å². The predicted molar refractivity (Wildman–Crippen MR) is 133 cm³/mol. The van der Waals surface area contributed by atoms with Gasteiger partial charge in [0.15, 0.2) is 5.96 Å². The molecule has 170 valence electrons. The summed E-state index contributed by atoms with van der Waals surface area (Å²) in [6.07, 6.45) is 9.46. The first-order chi connectivity index (χ1) is 14.0. The monoisotopic (exact) mass is 530 g/mol. The molecule has 1 aliphatic carbocycles. The lowest BCUT2D eigenvalue weighted by Crippen LogP contribution is -2.47. The molecule has 0 aromatic carbocycles. The molecule has 1 saturated carbocycles. The normalized spacial score (nSPS) is 23.0. The van der Waals surface area contributed by atoms with Crippen molar-refractivity contribution in [3.05, 3.63) is 23.9 Å². The van der Waals surface area contributed by atoms with Crippen LogP contribution in [0.1, 0.15) is 64.9 Å². The van der Waals surface area contributed by atoms with E-state index in [4.69, 9.17) is 9.47 Å². The number of aromatic nitrogens is 1. The van der Waals surface area contributed by atoms with Gasteiger partial charge in [-0.1, -0.05) is 26.8 Å².